The molecular formula is C23H24N2O3S2. The van der Waals surface area contributed by atoms with Crippen LogP contribution in [0, 0.1) is 6.92 Å². The average Bonchev–Trinajstić information content (AvgIpc) is 3.26. The maximum Gasteiger partial charge on any atom is 0.254 e. The summed E-state index contributed by atoms with van der Waals surface area (Å²) >= 11 is 1.57. The van der Waals surface area contributed by atoms with Crippen LogP contribution in [0.15, 0.2) is 83.6 Å². The lowest BCUT2D eigenvalue weighted by Gasteiger charge is -2.22. The van der Waals surface area contributed by atoms with Gasteiger partial charge in [-0.15, -0.1) is 17.9 Å². The van der Waals surface area contributed by atoms with Gasteiger partial charge in [0.2, 0.25) is 10.0 Å². The van der Waals surface area contributed by atoms with Crippen LogP contribution in [-0.4, -0.2) is 25.8 Å². The van der Waals surface area contributed by atoms with Gasteiger partial charge < -0.3 is 4.90 Å². The third-order valence-corrected chi connectivity index (χ3v) is 6.88. The van der Waals surface area contributed by atoms with E-state index in [4.69, 9.17) is 0 Å². The lowest BCUT2D eigenvalue weighted by atomic mass is 10.1. The number of amides is 1. The second-order valence-electron chi connectivity index (χ2n) is 6.84. The van der Waals surface area contributed by atoms with Crippen molar-refractivity contribution in [3.8, 4) is 0 Å². The number of carbonyl (C=O) groups excluding carboxylic acids is 1. The van der Waals surface area contributed by atoms with Gasteiger partial charge in [0.1, 0.15) is 0 Å². The van der Waals surface area contributed by atoms with E-state index in [9.17, 15) is 13.2 Å². The molecule has 7 heteroatoms. The normalized spacial score (nSPS) is 11.2. The molecule has 0 aliphatic heterocycles. The van der Waals surface area contributed by atoms with Crippen LogP contribution in [0.2, 0.25) is 0 Å². The van der Waals surface area contributed by atoms with Crippen molar-refractivity contribution in [1.82, 2.24) is 9.62 Å². The minimum Gasteiger partial charge on any atom is -0.330 e. The predicted octanol–water partition coefficient (Wildman–Crippen LogP) is 4.36. The summed E-state index contributed by atoms with van der Waals surface area (Å²) in [5.41, 5.74) is 1.95. The Kier molecular flexibility index (Phi) is 7.20. The van der Waals surface area contributed by atoms with E-state index in [1.807, 2.05) is 47.8 Å². The second-order valence-corrected chi connectivity index (χ2v) is 9.64. The predicted molar refractivity (Wildman–Crippen MR) is 121 cm³/mol. The van der Waals surface area contributed by atoms with E-state index in [0.717, 1.165) is 16.0 Å². The Morgan fingerprint density at radius 2 is 1.90 bits per heavy atom. The molecule has 156 valence electrons. The van der Waals surface area contributed by atoms with E-state index in [1.165, 1.54) is 12.1 Å². The van der Waals surface area contributed by atoms with Gasteiger partial charge in [0.15, 0.2) is 0 Å². The molecule has 1 heterocycles. The van der Waals surface area contributed by atoms with Crippen LogP contribution in [-0.2, 0) is 23.1 Å². The molecule has 30 heavy (non-hydrogen) atoms. The zero-order chi connectivity index (χ0) is 21.6. The summed E-state index contributed by atoms with van der Waals surface area (Å²) in [7, 11) is -3.76. The van der Waals surface area contributed by atoms with Gasteiger partial charge in [-0.1, -0.05) is 48.5 Å². The molecule has 3 aromatic rings. The number of benzene rings is 2. The third kappa shape index (κ3) is 5.44. The van der Waals surface area contributed by atoms with Crippen LogP contribution in [0.3, 0.4) is 0 Å². The molecule has 1 N–H and O–H groups in total. The first-order valence-corrected chi connectivity index (χ1v) is 11.8. The Balaban J connectivity index is 1.84. The SMILES string of the molecule is C=CCN(Cc1cccs1)C(=O)c1cc(S(=O)(=O)NCc2ccccc2)ccc1C. The van der Waals surface area contributed by atoms with Gasteiger partial charge >= 0.3 is 0 Å². The lowest BCUT2D eigenvalue weighted by molar-refractivity contribution is 0.0763. The number of aryl methyl sites for hydroxylation is 1. The largest absolute Gasteiger partial charge is 0.330 e. The summed E-state index contributed by atoms with van der Waals surface area (Å²) < 4.78 is 28.2. The Hall–Kier alpha value is -2.74. The van der Waals surface area contributed by atoms with Crippen molar-refractivity contribution in [1.29, 1.82) is 0 Å². The molecule has 0 aliphatic carbocycles. The smallest absolute Gasteiger partial charge is 0.254 e. The number of sulfonamides is 1. The van der Waals surface area contributed by atoms with Crippen LogP contribution in [0.25, 0.3) is 0 Å². The molecular weight excluding hydrogens is 416 g/mol. The molecule has 0 unspecified atom stereocenters. The van der Waals surface area contributed by atoms with Crippen LogP contribution >= 0.6 is 11.3 Å². The zero-order valence-electron chi connectivity index (χ0n) is 16.7. The summed E-state index contributed by atoms with van der Waals surface area (Å²) in [6.07, 6.45) is 1.67. The average molecular weight is 441 g/mol. The molecule has 1 aromatic heterocycles. The molecule has 0 fully saturated rings. The summed E-state index contributed by atoms with van der Waals surface area (Å²) in [6.45, 7) is 6.55. The van der Waals surface area contributed by atoms with E-state index in [2.05, 4.69) is 11.3 Å². The molecule has 0 bridgehead atoms. The lowest BCUT2D eigenvalue weighted by Crippen LogP contribution is -2.31. The topological polar surface area (TPSA) is 66.5 Å². The van der Waals surface area contributed by atoms with Crippen LogP contribution < -0.4 is 4.72 Å². The molecule has 0 aliphatic rings. The van der Waals surface area contributed by atoms with Gasteiger partial charge in [-0.2, -0.15) is 0 Å². The second kappa shape index (κ2) is 9.84. The van der Waals surface area contributed by atoms with Crippen LogP contribution in [0.1, 0.15) is 26.4 Å². The number of carbonyl (C=O) groups is 1. The molecule has 3 rings (SSSR count). The zero-order valence-corrected chi connectivity index (χ0v) is 18.4. The van der Waals surface area contributed by atoms with Crippen molar-refractivity contribution in [3.05, 3.63) is 100 Å². The summed E-state index contributed by atoms with van der Waals surface area (Å²) in [5, 5.41) is 1.96. The summed E-state index contributed by atoms with van der Waals surface area (Å²) in [4.78, 5) is 16.0. The number of nitrogens with one attached hydrogen (secondary N) is 1. The highest BCUT2D eigenvalue weighted by Gasteiger charge is 2.21. The Morgan fingerprint density at radius 3 is 2.57 bits per heavy atom. The quantitative estimate of drug-likeness (QED) is 0.503. The van der Waals surface area contributed by atoms with Crippen molar-refractivity contribution >= 4 is 27.3 Å². The fraction of sp³-hybridized carbons (Fsp3) is 0.174. The maximum absolute atomic E-state index is 13.2. The van der Waals surface area contributed by atoms with Crippen molar-refractivity contribution in [2.45, 2.75) is 24.9 Å². The van der Waals surface area contributed by atoms with Crippen molar-refractivity contribution in [3.63, 3.8) is 0 Å². The number of thiophene rings is 1. The van der Waals surface area contributed by atoms with Gasteiger partial charge in [0, 0.05) is 23.5 Å². The first-order valence-electron chi connectivity index (χ1n) is 9.47. The summed E-state index contributed by atoms with van der Waals surface area (Å²) in [5.74, 6) is -0.221. The minimum absolute atomic E-state index is 0.0713. The highest BCUT2D eigenvalue weighted by atomic mass is 32.2. The Bertz CT molecular complexity index is 1110. The fourth-order valence-corrected chi connectivity index (χ4v) is 4.76. The standard InChI is InChI=1S/C23H24N2O3S2/c1-3-13-25(17-20-10-7-14-29-20)23(26)22-15-21(12-11-18(22)2)30(27,28)24-16-19-8-5-4-6-9-19/h3-12,14-15,24H,1,13,16-17H2,2H3. The summed E-state index contributed by atoms with van der Waals surface area (Å²) in [6, 6.07) is 17.8. The van der Waals surface area contributed by atoms with Gasteiger partial charge in [-0.05, 0) is 41.6 Å². The Labute approximate surface area is 181 Å². The minimum atomic E-state index is -3.76. The van der Waals surface area contributed by atoms with Gasteiger partial charge in [0.05, 0.1) is 11.4 Å². The molecule has 0 spiro atoms. The van der Waals surface area contributed by atoms with Crippen LogP contribution in [0.4, 0.5) is 0 Å². The molecule has 0 atom stereocenters. The van der Waals surface area contributed by atoms with E-state index in [-0.39, 0.29) is 17.3 Å². The van der Waals surface area contributed by atoms with E-state index in [0.29, 0.717) is 18.7 Å². The highest BCUT2D eigenvalue weighted by Crippen LogP contribution is 2.20. The highest BCUT2D eigenvalue weighted by molar-refractivity contribution is 7.89. The monoisotopic (exact) mass is 440 g/mol. The third-order valence-electron chi connectivity index (χ3n) is 4.62. The van der Waals surface area contributed by atoms with Crippen LogP contribution in [0.5, 0.6) is 0 Å². The number of hydrogen-bond acceptors (Lipinski definition) is 4. The number of rotatable bonds is 9. The molecule has 1 amide bonds. The number of nitrogens with zero attached hydrogens (tertiary/aromatic N) is 1. The first kappa shape index (κ1) is 22.0. The van der Waals surface area contributed by atoms with Gasteiger partial charge in [0.25, 0.3) is 5.91 Å². The van der Waals surface area contributed by atoms with E-state index in [1.54, 1.807) is 35.3 Å². The van der Waals surface area contributed by atoms with Crippen molar-refractivity contribution < 1.29 is 13.2 Å². The van der Waals surface area contributed by atoms with Crippen molar-refractivity contribution in [2.75, 3.05) is 6.54 Å². The van der Waals surface area contributed by atoms with Gasteiger partial charge in [-0.25, -0.2) is 13.1 Å². The van der Waals surface area contributed by atoms with Gasteiger partial charge in [-0.3, -0.25) is 4.79 Å². The molecule has 0 saturated carbocycles. The molecule has 0 radical (unpaired) electrons. The Morgan fingerprint density at radius 1 is 1.13 bits per heavy atom. The van der Waals surface area contributed by atoms with E-state index < -0.39 is 10.0 Å². The molecule has 0 saturated heterocycles. The fourth-order valence-electron chi connectivity index (χ4n) is 2.99. The van der Waals surface area contributed by atoms with Crippen molar-refractivity contribution in [2.24, 2.45) is 0 Å². The first-order chi connectivity index (χ1) is 14.4. The van der Waals surface area contributed by atoms with E-state index >= 15 is 0 Å². The number of hydrogen-bond donors (Lipinski definition) is 1. The molecule has 2 aromatic carbocycles. The molecule has 5 nitrogen and oxygen atoms in total. The maximum atomic E-state index is 13.2.